The molecule has 1 unspecified atom stereocenters. The summed E-state index contributed by atoms with van der Waals surface area (Å²) in [5, 5.41) is 3.44. The highest BCUT2D eigenvalue weighted by Gasteiger charge is 2.24. The average Bonchev–Trinajstić information content (AvgIpc) is 2.82. The molecule has 1 aliphatic rings. The molecule has 1 aromatic rings. The van der Waals surface area contributed by atoms with Crippen molar-refractivity contribution in [2.24, 2.45) is 0 Å². The molecule has 1 N–H and O–H groups in total. The zero-order valence-electron chi connectivity index (χ0n) is 11.5. The Morgan fingerprint density at radius 3 is 2.89 bits per heavy atom. The van der Waals surface area contributed by atoms with Crippen molar-refractivity contribution < 1.29 is 8.78 Å². The van der Waals surface area contributed by atoms with Gasteiger partial charge in [-0.25, -0.2) is 8.78 Å². The van der Waals surface area contributed by atoms with Crippen molar-refractivity contribution >= 4 is 0 Å². The predicted molar refractivity (Wildman–Crippen MR) is 73.0 cm³/mol. The van der Waals surface area contributed by atoms with Crippen LogP contribution in [0.2, 0.25) is 0 Å². The SMILES string of the molecule is CCCNCC1CCCN1Cc1ccc(F)c(F)c1. The van der Waals surface area contributed by atoms with Gasteiger partial charge in [0, 0.05) is 19.1 Å². The summed E-state index contributed by atoms with van der Waals surface area (Å²) in [5.74, 6) is -1.52. The Labute approximate surface area is 113 Å². The standard InChI is InChI=1S/C15H22F2N2/c1-2-7-18-10-13-4-3-8-19(13)11-12-5-6-14(16)15(17)9-12/h5-6,9,13,18H,2-4,7-8,10-11H2,1H3. The van der Waals surface area contributed by atoms with Crippen LogP contribution in [0.3, 0.4) is 0 Å². The number of nitrogens with zero attached hydrogens (tertiary/aromatic N) is 1. The molecule has 1 aromatic carbocycles. The molecule has 0 saturated carbocycles. The van der Waals surface area contributed by atoms with Gasteiger partial charge in [0.2, 0.25) is 0 Å². The Morgan fingerprint density at radius 1 is 1.32 bits per heavy atom. The molecule has 19 heavy (non-hydrogen) atoms. The summed E-state index contributed by atoms with van der Waals surface area (Å²) in [6.45, 7) is 5.92. The van der Waals surface area contributed by atoms with Crippen LogP contribution in [-0.4, -0.2) is 30.6 Å². The number of nitrogens with one attached hydrogen (secondary N) is 1. The summed E-state index contributed by atoms with van der Waals surface area (Å²) in [6, 6.07) is 4.71. The summed E-state index contributed by atoms with van der Waals surface area (Å²) in [6.07, 6.45) is 3.50. The van der Waals surface area contributed by atoms with Gasteiger partial charge < -0.3 is 5.32 Å². The molecule has 2 nitrogen and oxygen atoms in total. The molecule has 0 aromatic heterocycles. The van der Waals surface area contributed by atoms with Gasteiger partial charge in [0.15, 0.2) is 11.6 Å². The van der Waals surface area contributed by atoms with E-state index in [1.54, 1.807) is 6.07 Å². The fraction of sp³-hybridized carbons (Fsp3) is 0.600. The van der Waals surface area contributed by atoms with Gasteiger partial charge in [0.05, 0.1) is 0 Å². The summed E-state index contributed by atoms with van der Waals surface area (Å²) in [7, 11) is 0. The molecule has 1 aliphatic heterocycles. The summed E-state index contributed by atoms with van der Waals surface area (Å²) in [4.78, 5) is 2.36. The fourth-order valence-electron chi connectivity index (χ4n) is 2.65. The van der Waals surface area contributed by atoms with Gasteiger partial charge >= 0.3 is 0 Å². The van der Waals surface area contributed by atoms with Crippen molar-refractivity contribution in [2.75, 3.05) is 19.6 Å². The zero-order valence-corrected chi connectivity index (χ0v) is 11.5. The Kier molecular flexibility index (Phi) is 5.28. The molecular weight excluding hydrogens is 246 g/mol. The maximum Gasteiger partial charge on any atom is 0.159 e. The van der Waals surface area contributed by atoms with E-state index in [0.717, 1.165) is 31.6 Å². The number of hydrogen-bond donors (Lipinski definition) is 1. The minimum absolute atomic E-state index is 0.514. The first-order chi connectivity index (χ1) is 9.20. The number of hydrogen-bond acceptors (Lipinski definition) is 2. The van der Waals surface area contributed by atoms with Gasteiger partial charge in [-0.15, -0.1) is 0 Å². The van der Waals surface area contributed by atoms with Gasteiger partial charge in [-0.3, -0.25) is 4.90 Å². The molecule has 2 rings (SSSR count). The fourth-order valence-corrected chi connectivity index (χ4v) is 2.65. The van der Waals surface area contributed by atoms with Crippen LogP contribution in [-0.2, 0) is 6.54 Å². The summed E-state index contributed by atoms with van der Waals surface area (Å²) >= 11 is 0. The molecule has 4 heteroatoms. The van der Waals surface area contributed by atoms with Gasteiger partial charge in [0.1, 0.15) is 0 Å². The lowest BCUT2D eigenvalue weighted by Gasteiger charge is -2.24. The second-order valence-electron chi connectivity index (χ2n) is 5.22. The third-order valence-electron chi connectivity index (χ3n) is 3.68. The number of halogens is 2. The van der Waals surface area contributed by atoms with E-state index in [1.807, 2.05) is 0 Å². The highest BCUT2D eigenvalue weighted by Crippen LogP contribution is 2.20. The molecule has 0 radical (unpaired) electrons. The van der Waals surface area contributed by atoms with E-state index in [-0.39, 0.29) is 0 Å². The summed E-state index contributed by atoms with van der Waals surface area (Å²) in [5.41, 5.74) is 0.848. The maximum atomic E-state index is 13.2. The number of benzene rings is 1. The van der Waals surface area contributed by atoms with E-state index in [0.29, 0.717) is 12.6 Å². The molecule has 0 spiro atoms. The molecule has 1 heterocycles. The monoisotopic (exact) mass is 268 g/mol. The van der Waals surface area contributed by atoms with Crippen LogP contribution in [0.5, 0.6) is 0 Å². The molecule has 0 aliphatic carbocycles. The Balaban J connectivity index is 1.91. The van der Waals surface area contributed by atoms with Crippen molar-refractivity contribution in [2.45, 2.75) is 38.8 Å². The molecule has 106 valence electrons. The van der Waals surface area contributed by atoms with Crippen molar-refractivity contribution in [1.29, 1.82) is 0 Å². The van der Waals surface area contributed by atoms with E-state index in [4.69, 9.17) is 0 Å². The van der Waals surface area contributed by atoms with E-state index in [2.05, 4.69) is 17.1 Å². The second kappa shape index (κ2) is 6.96. The topological polar surface area (TPSA) is 15.3 Å². The van der Waals surface area contributed by atoms with Crippen LogP contribution in [0.25, 0.3) is 0 Å². The van der Waals surface area contributed by atoms with Crippen molar-refractivity contribution in [3.8, 4) is 0 Å². The lowest BCUT2D eigenvalue weighted by Crippen LogP contribution is -2.37. The van der Waals surface area contributed by atoms with E-state index >= 15 is 0 Å². The first-order valence-electron chi connectivity index (χ1n) is 7.09. The molecule has 0 amide bonds. The minimum Gasteiger partial charge on any atom is -0.315 e. The van der Waals surface area contributed by atoms with Crippen LogP contribution >= 0.6 is 0 Å². The normalized spacial score (nSPS) is 20.1. The highest BCUT2D eigenvalue weighted by molar-refractivity contribution is 5.18. The van der Waals surface area contributed by atoms with E-state index in [9.17, 15) is 8.78 Å². The third-order valence-corrected chi connectivity index (χ3v) is 3.68. The lowest BCUT2D eigenvalue weighted by atomic mass is 10.1. The smallest absolute Gasteiger partial charge is 0.159 e. The van der Waals surface area contributed by atoms with Crippen LogP contribution in [0.15, 0.2) is 18.2 Å². The molecule has 1 atom stereocenters. The molecule has 1 fully saturated rings. The Bertz CT molecular complexity index is 409. The quantitative estimate of drug-likeness (QED) is 0.798. The van der Waals surface area contributed by atoms with Gasteiger partial charge in [0.25, 0.3) is 0 Å². The van der Waals surface area contributed by atoms with Crippen LogP contribution in [0, 0.1) is 11.6 Å². The van der Waals surface area contributed by atoms with Gasteiger partial charge in [-0.1, -0.05) is 13.0 Å². The molecule has 0 bridgehead atoms. The van der Waals surface area contributed by atoms with Gasteiger partial charge in [-0.2, -0.15) is 0 Å². The Hall–Kier alpha value is -1.00. The highest BCUT2D eigenvalue weighted by atomic mass is 19.2. The summed E-state index contributed by atoms with van der Waals surface area (Å²) < 4.78 is 26.1. The van der Waals surface area contributed by atoms with Crippen molar-refractivity contribution in [3.05, 3.63) is 35.4 Å². The third kappa shape index (κ3) is 3.98. The second-order valence-corrected chi connectivity index (χ2v) is 5.22. The zero-order chi connectivity index (χ0) is 13.7. The number of likely N-dealkylation sites (tertiary alicyclic amines) is 1. The van der Waals surface area contributed by atoms with Crippen LogP contribution in [0.4, 0.5) is 8.78 Å². The number of rotatable bonds is 6. The van der Waals surface area contributed by atoms with Crippen molar-refractivity contribution in [3.63, 3.8) is 0 Å². The van der Waals surface area contributed by atoms with Crippen molar-refractivity contribution in [1.82, 2.24) is 10.2 Å². The van der Waals surface area contributed by atoms with Gasteiger partial charge in [-0.05, 0) is 50.0 Å². The first kappa shape index (κ1) is 14.4. The largest absolute Gasteiger partial charge is 0.315 e. The van der Waals surface area contributed by atoms with Crippen LogP contribution in [0.1, 0.15) is 31.7 Å². The molecular formula is C15H22F2N2. The average molecular weight is 268 g/mol. The van der Waals surface area contributed by atoms with E-state index < -0.39 is 11.6 Å². The first-order valence-corrected chi connectivity index (χ1v) is 7.09. The maximum absolute atomic E-state index is 13.2. The lowest BCUT2D eigenvalue weighted by molar-refractivity contribution is 0.239. The Morgan fingerprint density at radius 2 is 2.16 bits per heavy atom. The predicted octanol–water partition coefficient (Wildman–Crippen LogP) is 2.93. The van der Waals surface area contributed by atoms with E-state index in [1.165, 1.54) is 25.0 Å². The van der Waals surface area contributed by atoms with Crippen LogP contribution < -0.4 is 5.32 Å². The molecule has 1 saturated heterocycles. The minimum atomic E-state index is -0.772.